The number of quaternary nitrogens is 1. The van der Waals surface area contributed by atoms with Gasteiger partial charge in [0, 0.05) is 6.42 Å². The minimum absolute atomic E-state index is 0.0779. The minimum atomic E-state index is -4.31. The Morgan fingerprint density at radius 1 is 0.493 bits per heavy atom. The van der Waals surface area contributed by atoms with Crippen LogP contribution in [0.4, 0.5) is 0 Å². The second-order valence-corrected chi connectivity index (χ2v) is 23.2. The van der Waals surface area contributed by atoms with Crippen LogP contribution in [-0.2, 0) is 18.4 Å². The number of carbonyl (C=O) groups excluding carboxylic acids is 1. The summed E-state index contributed by atoms with van der Waals surface area (Å²) >= 11 is 0. The highest BCUT2D eigenvalue weighted by Gasteiger charge is 2.28. The number of rotatable bonds is 55. The van der Waals surface area contributed by atoms with Crippen molar-refractivity contribution in [2.45, 2.75) is 315 Å². The van der Waals surface area contributed by atoms with Crippen molar-refractivity contribution in [3.8, 4) is 0 Å². The van der Waals surface area contributed by atoms with E-state index in [1.54, 1.807) is 0 Å². The van der Waals surface area contributed by atoms with Crippen molar-refractivity contribution in [1.29, 1.82) is 0 Å². The van der Waals surface area contributed by atoms with Crippen LogP contribution in [0.15, 0.2) is 12.2 Å². The lowest BCUT2D eigenvalue weighted by Crippen LogP contribution is -2.46. The van der Waals surface area contributed by atoms with E-state index in [1.807, 2.05) is 21.1 Å². The maximum absolute atomic E-state index is 13.0. The number of aliphatic hydroxyl groups excluding tert-OH is 1. The number of likely N-dealkylation sites (N-methyl/N-ethyl adjacent to an activating group) is 1. The number of phosphoric ester groups is 1. The summed E-state index contributed by atoms with van der Waals surface area (Å²) in [5.41, 5.74) is 0. The van der Waals surface area contributed by atoms with Gasteiger partial charge in [-0.15, -0.1) is 0 Å². The maximum atomic E-state index is 13.0. The summed E-state index contributed by atoms with van der Waals surface area (Å²) in [7, 11) is 1.63. The highest BCUT2D eigenvalue weighted by molar-refractivity contribution is 7.47. The van der Waals surface area contributed by atoms with E-state index in [0.717, 1.165) is 38.5 Å². The molecule has 3 N–H and O–H groups in total. The Balaban J connectivity index is 3.91. The Morgan fingerprint density at radius 2 is 0.806 bits per heavy atom. The molecule has 0 radical (unpaired) electrons. The van der Waals surface area contributed by atoms with Crippen LogP contribution < -0.4 is 5.32 Å². The molecule has 0 aliphatic heterocycles. The number of amides is 1. The van der Waals surface area contributed by atoms with E-state index < -0.39 is 20.0 Å². The van der Waals surface area contributed by atoms with E-state index in [0.29, 0.717) is 23.9 Å². The van der Waals surface area contributed by atoms with Crippen LogP contribution in [0.2, 0.25) is 0 Å². The van der Waals surface area contributed by atoms with Crippen LogP contribution in [-0.4, -0.2) is 73.4 Å². The number of nitrogens with zero attached hydrogens (tertiary/aromatic N) is 1. The molecular weight excluding hydrogens is 852 g/mol. The number of hydrogen-bond acceptors (Lipinski definition) is 5. The van der Waals surface area contributed by atoms with E-state index in [-0.39, 0.29) is 19.1 Å². The Labute approximate surface area is 418 Å². The first kappa shape index (κ1) is 66.2. The maximum Gasteiger partial charge on any atom is 0.472 e. The van der Waals surface area contributed by atoms with Crippen molar-refractivity contribution in [1.82, 2.24) is 5.32 Å². The third-order valence-corrected chi connectivity index (χ3v) is 14.7. The molecule has 8 nitrogen and oxygen atoms in total. The van der Waals surface area contributed by atoms with Gasteiger partial charge in [-0.2, -0.15) is 0 Å². The van der Waals surface area contributed by atoms with Crippen molar-refractivity contribution in [2.75, 3.05) is 40.9 Å². The number of unbranched alkanes of at least 4 members (excludes halogenated alkanes) is 40. The molecule has 1 amide bonds. The first-order valence-corrected chi connectivity index (χ1v) is 31.0. The third-order valence-electron chi connectivity index (χ3n) is 13.8. The molecule has 0 aliphatic carbocycles. The molecule has 0 heterocycles. The second kappa shape index (κ2) is 50.2. The molecule has 0 aromatic heterocycles. The molecule has 400 valence electrons. The van der Waals surface area contributed by atoms with E-state index in [9.17, 15) is 19.4 Å². The van der Waals surface area contributed by atoms with Crippen molar-refractivity contribution < 1.29 is 32.9 Å². The molecule has 0 aromatic rings. The van der Waals surface area contributed by atoms with E-state index >= 15 is 0 Å². The Kier molecular flexibility index (Phi) is 49.6. The molecule has 0 fully saturated rings. The van der Waals surface area contributed by atoms with Gasteiger partial charge in [0.15, 0.2) is 0 Å². The van der Waals surface area contributed by atoms with Crippen LogP contribution in [0, 0.1) is 0 Å². The number of hydrogen-bond donors (Lipinski definition) is 3. The number of carbonyl (C=O) groups is 1. The lowest BCUT2D eigenvalue weighted by atomic mass is 10.0. The molecule has 0 saturated carbocycles. The fraction of sp³-hybridized carbons (Fsp3) is 0.948. The molecule has 67 heavy (non-hydrogen) atoms. The highest BCUT2D eigenvalue weighted by atomic mass is 31.2. The quantitative estimate of drug-likeness (QED) is 0.0243. The van der Waals surface area contributed by atoms with Gasteiger partial charge in [-0.05, 0) is 38.5 Å². The predicted octanol–water partition coefficient (Wildman–Crippen LogP) is 17.8. The van der Waals surface area contributed by atoms with Gasteiger partial charge in [0.25, 0.3) is 0 Å². The Bertz CT molecular complexity index is 1100. The topological polar surface area (TPSA) is 105 Å². The molecule has 3 unspecified atom stereocenters. The SMILES string of the molecule is CCCCCCCCCC/C=C\CCCCCCCCCCCCCCCCCCCCCCCC(=O)NC(COP(=O)(O)OCC[N+](C)(C)C)C(O)CCCCCCCCCCCCCC. The zero-order valence-electron chi connectivity index (χ0n) is 45.7. The smallest absolute Gasteiger partial charge is 0.391 e. The molecule has 0 saturated heterocycles. The van der Waals surface area contributed by atoms with Gasteiger partial charge in [0.05, 0.1) is 39.9 Å². The van der Waals surface area contributed by atoms with Crippen LogP contribution in [0.5, 0.6) is 0 Å². The van der Waals surface area contributed by atoms with Crippen molar-refractivity contribution >= 4 is 13.7 Å². The summed E-state index contributed by atoms with van der Waals surface area (Å²) < 4.78 is 23.7. The average molecular weight is 971 g/mol. The van der Waals surface area contributed by atoms with E-state index in [1.165, 1.54) is 238 Å². The monoisotopic (exact) mass is 970 g/mol. The molecule has 3 atom stereocenters. The standard InChI is InChI=1S/C58H117N2O6P/c1-6-8-10-12-14-16-18-20-21-22-23-24-25-26-27-28-29-30-31-32-33-34-35-36-37-38-39-40-42-44-46-48-50-52-58(62)59-56(55-66-67(63,64)65-54-53-60(3,4)5)57(61)51-49-47-45-43-41-19-17-15-13-11-9-7-2/h22-23,56-57,61H,6-21,24-55H2,1-5H3,(H-,59,62,63,64)/p+1/b23-22-. The van der Waals surface area contributed by atoms with Gasteiger partial charge in [0.2, 0.25) is 5.91 Å². The van der Waals surface area contributed by atoms with Gasteiger partial charge in [-0.3, -0.25) is 13.8 Å². The summed E-state index contributed by atoms with van der Waals surface area (Å²) in [5, 5.41) is 14.0. The largest absolute Gasteiger partial charge is 0.472 e. The average Bonchev–Trinajstić information content (AvgIpc) is 3.29. The Hall–Kier alpha value is -0.760. The summed E-state index contributed by atoms with van der Waals surface area (Å²) in [4.78, 5) is 23.3. The van der Waals surface area contributed by atoms with Gasteiger partial charge >= 0.3 is 7.82 Å². The fourth-order valence-electron chi connectivity index (χ4n) is 9.10. The van der Waals surface area contributed by atoms with Gasteiger partial charge in [-0.25, -0.2) is 4.57 Å². The van der Waals surface area contributed by atoms with Crippen LogP contribution >= 0.6 is 7.82 Å². The lowest BCUT2D eigenvalue weighted by Gasteiger charge is -2.26. The molecule has 9 heteroatoms. The number of aliphatic hydroxyl groups is 1. The van der Waals surface area contributed by atoms with Gasteiger partial charge in [-0.1, -0.05) is 270 Å². The summed E-state index contributed by atoms with van der Waals surface area (Å²) in [6.07, 6.45) is 61.5. The van der Waals surface area contributed by atoms with Crippen LogP contribution in [0.25, 0.3) is 0 Å². The summed E-state index contributed by atoms with van der Waals surface area (Å²) in [5.74, 6) is -0.139. The summed E-state index contributed by atoms with van der Waals surface area (Å²) in [6, 6.07) is -0.755. The van der Waals surface area contributed by atoms with Crippen molar-refractivity contribution in [2.24, 2.45) is 0 Å². The fourth-order valence-corrected chi connectivity index (χ4v) is 9.84. The van der Waals surface area contributed by atoms with Crippen LogP contribution in [0.3, 0.4) is 0 Å². The predicted molar refractivity (Wildman–Crippen MR) is 291 cm³/mol. The number of allylic oxidation sites excluding steroid dienone is 2. The second-order valence-electron chi connectivity index (χ2n) is 21.7. The first-order chi connectivity index (χ1) is 32.5. The van der Waals surface area contributed by atoms with Crippen molar-refractivity contribution in [3.63, 3.8) is 0 Å². The molecule has 0 aliphatic rings. The highest BCUT2D eigenvalue weighted by Crippen LogP contribution is 2.43. The third kappa shape index (κ3) is 52.9. The van der Waals surface area contributed by atoms with E-state index in [2.05, 4.69) is 31.3 Å². The zero-order chi connectivity index (χ0) is 49.2. The molecule has 0 aromatic carbocycles. The zero-order valence-corrected chi connectivity index (χ0v) is 46.6. The lowest BCUT2D eigenvalue weighted by molar-refractivity contribution is -0.870. The first-order valence-electron chi connectivity index (χ1n) is 29.6. The Morgan fingerprint density at radius 3 is 1.15 bits per heavy atom. The molecule has 0 bridgehead atoms. The van der Waals surface area contributed by atoms with E-state index in [4.69, 9.17) is 9.05 Å². The number of phosphoric acid groups is 1. The molecular formula is C58H118N2O6P+. The summed E-state index contributed by atoms with van der Waals surface area (Å²) in [6.45, 7) is 4.92. The molecule has 0 spiro atoms. The minimum Gasteiger partial charge on any atom is -0.391 e. The number of nitrogens with one attached hydrogen (secondary N) is 1. The van der Waals surface area contributed by atoms with Crippen molar-refractivity contribution in [3.05, 3.63) is 12.2 Å². The normalized spacial score (nSPS) is 14.0. The van der Waals surface area contributed by atoms with Crippen LogP contribution in [0.1, 0.15) is 303 Å². The molecule has 0 rings (SSSR count). The van der Waals surface area contributed by atoms with Gasteiger partial charge in [0.1, 0.15) is 13.2 Å². The van der Waals surface area contributed by atoms with Gasteiger partial charge < -0.3 is 19.8 Å².